The van der Waals surface area contributed by atoms with E-state index in [1.54, 1.807) is 18.2 Å². The third-order valence-corrected chi connectivity index (χ3v) is 4.97. The van der Waals surface area contributed by atoms with Crippen LogP contribution in [0.15, 0.2) is 54.6 Å². The molecule has 0 saturated carbocycles. The van der Waals surface area contributed by atoms with Gasteiger partial charge in [0.1, 0.15) is 5.69 Å². The molecule has 166 valence electrons. The number of carbonyl (C=O) groups is 2. The molecular weight excluding hydrogens is 434 g/mol. The zero-order valence-electron chi connectivity index (χ0n) is 16.8. The Kier molecular flexibility index (Phi) is 4.90. The van der Waals surface area contributed by atoms with E-state index >= 15 is 0 Å². The highest BCUT2D eigenvalue weighted by Gasteiger charge is 2.21. The fourth-order valence-electron chi connectivity index (χ4n) is 3.35. The maximum Gasteiger partial charge on any atom is 0.292 e. The molecule has 3 aromatic rings. The lowest BCUT2D eigenvalue weighted by molar-refractivity contribution is -0.383. The lowest BCUT2D eigenvalue weighted by Crippen LogP contribution is -2.15. The predicted octanol–water partition coefficient (Wildman–Crippen LogP) is 3.56. The number of benzene rings is 3. The van der Waals surface area contributed by atoms with Crippen LogP contribution in [0.2, 0.25) is 0 Å². The average molecular weight is 449 g/mol. The lowest BCUT2D eigenvalue weighted by Gasteiger charge is -2.10. The fraction of sp³-hybridized carbons (Fsp3) is 0.0909. The third kappa shape index (κ3) is 3.94. The number of carbonyl (C=O) groups excluding carboxylic acids is 2. The van der Waals surface area contributed by atoms with Gasteiger partial charge in [-0.15, -0.1) is 0 Å². The van der Waals surface area contributed by atoms with Crippen LogP contribution in [-0.2, 0) is 0 Å². The third-order valence-electron chi connectivity index (χ3n) is 4.97. The van der Waals surface area contributed by atoms with Crippen LogP contribution >= 0.6 is 0 Å². The second-order valence-electron chi connectivity index (χ2n) is 7.03. The number of amides is 2. The first-order valence-corrected chi connectivity index (χ1v) is 9.68. The highest BCUT2D eigenvalue weighted by molar-refractivity contribution is 6.08. The average Bonchev–Trinajstić information content (AvgIpc) is 3.47. The van der Waals surface area contributed by atoms with E-state index in [2.05, 4.69) is 10.6 Å². The van der Waals surface area contributed by atoms with E-state index in [1.807, 2.05) is 0 Å². The fourth-order valence-corrected chi connectivity index (χ4v) is 3.35. The molecule has 2 aliphatic heterocycles. The molecule has 11 nitrogen and oxygen atoms in total. The van der Waals surface area contributed by atoms with Crippen LogP contribution < -0.4 is 29.6 Å². The first kappa shape index (κ1) is 20.1. The van der Waals surface area contributed by atoms with Gasteiger partial charge in [0.05, 0.1) is 4.92 Å². The number of ether oxygens (including phenoxy) is 4. The van der Waals surface area contributed by atoms with Crippen LogP contribution in [-0.4, -0.2) is 30.3 Å². The zero-order valence-corrected chi connectivity index (χ0v) is 16.8. The van der Waals surface area contributed by atoms with Gasteiger partial charge in [0.25, 0.3) is 17.5 Å². The summed E-state index contributed by atoms with van der Waals surface area (Å²) in [6.45, 7) is 0.131. The van der Waals surface area contributed by atoms with Crippen molar-refractivity contribution in [3.63, 3.8) is 0 Å². The first-order valence-electron chi connectivity index (χ1n) is 9.68. The normalized spacial score (nSPS) is 12.8. The van der Waals surface area contributed by atoms with Crippen molar-refractivity contribution in [3.8, 4) is 23.0 Å². The minimum absolute atomic E-state index is 0.0526. The van der Waals surface area contributed by atoms with Crippen molar-refractivity contribution in [3.05, 3.63) is 75.8 Å². The van der Waals surface area contributed by atoms with Gasteiger partial charge in [-0.05, 0) is 48.5 Å². The largest absolute Gasteiger partial charge is 0.454 e. The second-order valence-corrected chi connectivity index (χ2v) is 7.03. The maximum atomic E-state index is 12.7. The maximum absolute atomic E-state index is 12.7. The number of anilines is 2. The molecule has 0 atom stereocenters. The first-order chi connectivity index (χ1) is 16.0. The molecule has 0 spiro atoms. The van der Waals surface area contributed by atoms with E-state index in [9.17, 15) is 19.7 Å². The van der Waals surface area contributed by atoms with Gasteiger partial charge < -0.3 is 29.6 Å². The SMILES string of the molecule is O=C(Nc1ccc([N+](=O)[O-])c(NC(=O)c2ccc3c(c2)OCO3)c1)c1ccc2c(c1)OCO2. The Labute approximate surface area is 186 Å². The molecule has 2 amide bonds. The number of rotatable bonds is 5. The Balaban J connectivity index is 1.37. The smallest absolute Gasteiger partial charge is 0.292 e. The molecular formula is C22H15N3O8. The molecule has 3 aromatic carbocycles. The van der Waals surface area contributed by atoms with Gasteiger partial charge in [-0.1, -0.05) is 0 Å². The number of nitrogens with one attached hydrogen (secondary N) is 2. The lowest BCUT2D eigenvalue weighted by atomic mass is 10.1. The number of nitro benzene ring substituents is 1. The van der Waals surface area contributed by atoms with Crippen molar-refractivity contribution in [2.45, 2.75) is 0 Å². The summed E-state index contributed by atoms with van der Waals surface area (Å²) in [5.41, 5.74) is 0.382. The molecule has 0 saturated heterocycles. The number of fused-ring (bicyclic) bond motifs is 2. The molecule has 0 bridgehead atoms. The van der Waals surface area contributed by atoms with Crippen LogP contribution in [0.25, 0.3) is 0 Å². The molecule has 2 heterocycles. The Morgan fingerprint density at radius 3 is 1.85 bits per heavy atom. The zero-order chi connectivity index (χ0) is 22.9. The summed E-state index contributed by atoms with van der Waals surface area (Å²) in [6, 6.07) is 13.2. The molecule has 0 fully saturated rings. The molecule has 2 aliphatic rings. The molecule has 0 aliphatic carbocycles. The van der Waals surface area contributed by atoms with Gasteiger partial charge >= 0.3 is 0 Å². The summed E-state index contributed by atoms with van der Waals surface area (Å²) < 4.78 is 21.0. The van der Waals surface area contributed by atoms with Crippen molar-refractivity contribution < 1.29 is 33.5 Å². The number of hydrogen-bond acceptors (Lipinski definition) is 8. The highest BCUT2D eigenvalue weighted by atomic mass is 16.7. The number of nitrogens with zero attached hydrogens (tertiary/aromatic N) is 1. The summed E-state index contributed by atoms with van der Waals surface area (Å²) >= 11 is 0. The van der Waals surface area contributed by atoms with Crippen LogP contribution in [0.3, 0.4) is 0 Å². The van der Waals surface area contributed by atoms with Crippen LogP contribution in [0, 0.1) is 10.1 Å². The van der Waals surface area contributed by atoms with Gasteiger partial charge in [0.2, 0.25) is 13.6 Å². The number of nitro groups is 1. The topological polar surface area (TPSA) is 138 Å². The highest BCUT2D eigenvalue weighted by Crippen LogP contribution is 2.35. The number of hydrogen-bond donors (Lipinski definition) is 2. The summed E-state index contributed by atoms with van der Waals surface area (Å²) in [5.74, 6) is 0.844. The van der Waals surface area contributed by atoms with Crippen molar-refractivity contribution in [1.82, 2.24) is 0 Å². The quantitative estimate of drug-likeness (QED) is 0.445. The molecule has 0 aromatic heterocycles. The van der Waals surface area contributed by atoms with Crippen molar-refractivity contribution in [2.75, 3.05) is 24.2 Å². The summed E-state index contributed by atoms with van der Waals surface area (Å²) in [5, 5.41) is 16.6. The van der Waals surface area contributed by atoms with Gasteiger partial charge in [-0.2, -0.15) is 0 Å². The van der Waals surface area contributed by atoms with E-state index < -0.39 is 16.7 Å². The van der Waals surface area contributed by atoms with E-state index in [-0.39, 0.29) is 36.2 Å². The Hall–Kier alpha value is -4.80. The van der Waals surface area contributed by atoms with E-state index in [0.29, 0.717) is 28.6 Å². The van der Waals surface area contributed by atoms with Crippen LogP contribution in [0.5, 0.6) is 23.0 Å². The van der Waals surface area contributed by atoms with Crippen molar-refractivity contribution in [1.29, 1.82) is 0 Å². The molecule has 2 N–H and O–H groups in total. The Bertz CT molecular complexity index is 1310. The molecule has 11 heteroatoms. The summed E-state index contributed by atoms with van der Waals surface area (Å²) in [7, 11) is 0. The predicted molar refractivity (Wildman–Crippen MR) is 114 cm³/mol. The van der Waals surface area contributed by atoms with E-state index in [1.165, 1.54) is 36.4 Å². The van der Waals surface area contributed by atoms with Gasteiger partial charge in [-0.25, -0.2) is 0 Å². The summed E-state index contributed by atoms with van der Waals surface area (Å²) in [4.78, 5) is 36.2. The van der Waals surface area contributed by atoms with Crippen molar-refractivity contribution >= 4 is 28.9 Å². The summed E-state index contributed by atoms with van der Waals surface area (Å²) in [6.07, 6.45) is 0. The molecule has 5 rings (SSSR count). The van der Waals surface area contributed by atoms with Crippen LogP contribution in [0.1, 0.15) is 20.7 Å². The Morgan fingerprint density at radius 1 is 0.727 bits per heavy atom. The molecule has 33 heavy (non-hydrogen) atoms. The second kappa shape index (κ2) is 8.04. The van der Waals surface area contributed by atoms with E-state index in [0.717, 1.165) is 0 Å². The van der Waals surface area contributed by atoms with E-state index in [4.69, 9.17) is 18.9 Å². The molecule has 0 unspecified atom stereocenters. The van der Waals surface area contributed by atoms with Crippen LogP contribution in [0.4, 0.5) is 17.1 Å². The minimum atomic E-state index is -0.626. The van der Waals surface area contributed by atoms with Gasteiger partial charge in [-0.3, -0.25) is 19.7 Å². The van der Waals surface area contributed by atoms with Crippen molar-refractivity contribution in [2.24, 2.45) is 0 Å². The Morgan fingerprint density at radius 2 is 1.27 bits per heavy atom. The van der Waals surface area contributed by atoms with Gasteiger partial charge in [0.15, 0.2) is 23.0 Å². The standard InChI is InChI=1S/C22H15N3O8/c26-21(12-1-5-17-19(7-12)32-10-30-17)23-14-3-4-16(25(28)29)15(9-14)24-22(27)13-2-6-18-20(8-13)33-11-31-18/h1-9H,10-11H2,(H,23,26)(H,24,27). The van der Waals surface area contributed by atoms with Gasteiger partial charge in [0, 0.05) is 22.9 Å². The monoisotopic (exact) mass is 449 g/mol. The molecule has 0 radical (unpaired) electrons. The minimum Gasteiger partial charge on any atom is -0.454 e.